The van der Waals surface area contributed by atoms with Crippen LogP contribution >= 0.6 is 0 Å². The number of benzene rings is 1. The number of carbonyl (C=O) groups is 2. The Morgan fingerprint density at radius 1 is 1.19 bits per heavy atom. The first-order valence-electron chi connectivity index (χ1n) is 8.90. The van der Waals surface area contributed by atoms with E-state index in [1.165, 1.54) is 4.68 Å². The number of rotatable bonds is 6. The maximum absolute atomic E-state index is 12.6. The van der Waals surface area contributed by atoms with Crippen molar-refractivity contribution in [2.24, 2.45) is 0 Å². The number of hydrogen-bond donors (Lipinski definition) is 1. The van der Waals surface area contributed by atoms with Crippen LogP contribution < -0.4 is 5.56 Å². The van der Waals surface area contributed by atoms with Gasteiger partial charge in [-0.25, -0.2) is 4.68 Å². The molecule has 0 radical (unpaired) electrons. The Kier molecular flexibility index (Phi) is 5.60. The first-order chi connectivity index (χ1) is 12.6. The third kappa shape index (κ3) is 4.07. The average Bonchev–Trinajstić information content (AvgIpc) is 2.66. The Labute approximate surface area is 150 Å². The molecule has 1 N–H and O–H groups in total. The van der Waals surface area contributed by atoms with Crippen molar-refractivity contribution < 1.29 is 14.7 Å². The molecule has 2 heterocycles. The summed E-state index contributed by atoms with van der Waals surface area (Å²) < 4.78 is 1.22. The fourth-order valence-corrected chi connectivity index (χ4v) is 3.43. The minimum Gasteiger partial charge on any atom is -0.481 e. The number of aryl methyl sites for hydroxylation is 1. The molecule has 1 aliphatic heterocycles. The van der Waals surface area contributed by atoms with E-state index in [2.05, 4.69) is 10.3 Å². The first kappa shape index (κ1) is 18.0. The van der Waals surface area contributed by atoms with Gasteiger partial charge in [-0.15, -0.1) is 5.10 Å². The molecular formula is C18H22N4O4. The molecule has 0 spiro atoms. The van der Waals surface area contributed by atoms with Crippen LogP contribution in [0.15, 0.2) is 29.1 Å². The lowest BCUT2D eigenvalue weighted by atomic mass is 9.97. The van der Waals surface area contributed by atoms with E-state index in [1.54, 1.807) is 29.2 Å². The molecule has 1 amide bonds. The molecule has 1 aromatic carbocycles. The van der Waals surface area contributed by atoms with E-state index in [0.29, 0.717) is 23.9 Å². The van der Waals surface area contributed by atoms with Crippen molar-refractivity contribution in [1.29, 1.82) is 0 Å². The number of carboxylic acid groups (broad SMARTS) is 1. The summed E-state index contributed by atoms with van der Waals surface area (Å²) in [7, 11) is 0. The van der Waals surface area contributed by atoms with Gasteiger partial charge in [0.25, 0.3) is 5.56 Å². The molecule has 2 aromatic rings. The zero-order valence-corrected chi connectivity index (χ0v) is 14.5. The third-order valence-corrected chi connectivity index (χ3v) is 4.81. The molecule has 1 aromatic heterocycles. The second kappa shape index (κ2) is 8.07. The second-order valence-electron chi connectivity index (χ2n) is 6.55. The zero-order valence-electron chi connectivity index (χ0n) is 14.5. The normalized spacial score (nSPS) is 17.4. The summed E-state index contributed by atoms with van der Waals surface area (Å²) in [5.74, 6) is -0.914. The summed E-state index contributed by atoms with van der Waals surface area (Å²) >= 11 is 0. The van der Waals surface area contributed by atoms with Crippen molar-refractivity contribution in [1.82, 2.24) is 19.9 Å². The summed E-state index contributed by atoms with van der Waals surface area (Å²) in [5.41, 5.74) is 0.273. The predicted molar refractivity (Wildman–Crippen MR) is 94.6 cm³/mol. The number of likely N-dealkylation sites (tertiary alicyclic amines) is 1. The predicted octanol–water partition coefficient (Wildman–Crippen LogP) is 1.43. The summed E-state index contributed by atoms with van der Waals surface area (Å²) in [4.78, 5) is 37.6. The van der Waals surface area contributed by atoms with Gasteiger partial charge in [0, 0.05) is 25.4 Å². The molecule has 8 nitrogen and oxygen atoms in total. The Morgan fingerprint density at radius 2 is 2.00 bits per heavy atom. The number of amides is 1. The third-order valence-electron chi connectivity index (χ3n) is 4.81. The molecule has 1 atom stereocenters. The maximum atomic E-state index is 12.6. The van der Waals surface area contributed by atoms with Gasteiger partial charge in [-0.05, 0) is 37.8 Å². The summed E-state index contributed by atoms with van der Waals surface area (Å²) in [6.45, 7) is 0.805. The molecule has 1 aliphatic rings. The molecule has 0 saturated carbocycles. The lowest BCUT2D eigenvalue weighted by Crippen LogP contribution is -2.44. The van der Waals surface area contributed by atoms with Gasteiger partial charge in [-0.2, -0.15) is 0 Å². The average molecular weight is 358 g/mol. The van der Waals surface area contributed by atoms with Crippen molar-refractivity contribution in [3.05, 3.63) is 34.6 Å². The molecule has 1 unspecified atom stereocenters. The number of carboxylic acids is 1. The van der Waals surface area contributed by atoms with Gasteiger partial charge in [0.1, 0.15) is 5.52 Å². The van der Waals surface area contributed by atoms with Crippen LogP contribution in [0.4, 0.5) is 0 Å². The number of fused-ring (bicyclic) bond motifs is 1. The van der Waals surface area contributed by atoms with Crippen LogP contribution in [0.3, 0.4) is 0 Å². The lowest BCUT2D eigenvalue weighted by molar-refractivity contribution is -0.140. The largest absolute Gasteiger partial charge is 0.481 e. The number of piperidine rings is 1. The Morgan fingerprint density at radius 3 is 2.81 bits per heavy atom. The summed E-state index contributed by atoms with van der Waals surface area (Å²) in [5, 5.41) is 17.3. The fraction of sp³-hybridized carbons (Fsp3) is 0.500. The molecule has 3 rings (SSSR count). The standard InChI is InChI=1S/C18H22N4O4/c23-16(21-11-4-3-5-13(21)8-9-17(24)25)10-12-22-18(26)14-6-1-2-7-15(14)19-20-22/h1-2,6-7,13H,3-5,8-12H2,(H,24,25). The zero-order chi connectivity index (χ0) is 18.5. The minimum atomic E-state index is -0.846. The quantitative estimate of drug-likeness (QED) is 0.837. The Bertz CT molecular complexity index is 864. The highest BCUT2D eigenvalue weighted by atomic mass is 16.4. The van der Waals surface area contributed by atoms with Crippen molar-refractivity contribution in [3.63, 3.8) is 0 Å². The smallest absolute Gasteiger partial charge is 0.303 e. The Balaban J connectivity index is 1.66. The summed E-state index contributed by atoms with van der Waals surface area (Å²) in [6, 6.07) is 6.93. The highest BCUT2D eigenvalue weighted by Gasteiger charge is 2.26. The molecule has 0 bridgehead atoms. The molecule has 8 heteroatoms. The number of aromatic nitrogens is 3. The molecule has 1 fully saturated rings. The Hall–Kier alpha value is -2.77. The molecule has 26 heavy (non-hydrogen) atoms. The molecule has 138 valence electrons. The minimum absolute atomic E-state index is 0.0354. The van der Waals surface area contributed by atoms with Gasteiger partial charge < -0.3 is 10.0 Å². The highest BCUT2D eigenvalue weighted by Crippen LogP contribution is 2.21. The van der Waals surface area contributed by atoms with Crippen molar-refractivity contribution >= 4 is 22.8 Å². The van der Waals surface area contributed by atoms with Crippen molar-refractivity contribution in [2.75, 3.05) is 6.54 Å². The van der Waals surface area contributed by atoms with E-state index in [9.17, 15) is 14.4 Å². The van der Waals surface area contributed by atoms with Crippen molar-refractivity contribution in [3.8, 4) is 0 Å². The van der Waals surface area contributed by atoms with E-state index >= 15 is 0 Å². The maximum Gasteiger partial charge on any atom is 0.303 e. The van der Waals surface area contributed by atoms with E-state index in [1.807, 2.05) is 0 Å². The van der Waals surface area contributed by atoms with Crippen LogP contribution in [0.2, 0.25) is 0 Å². The van der Waals surface area contributed by atoms with Crippen LogP contribution in [-0.2, 0) is 16.1 Å². The van der Waals surface area contributed by atoms with Gasteiger partial charge in [-0.1, -0.05) is 17.3 Å². The number of carbonyl (C=O) groups excluding carboxylic acids is 1. The van der Waals surface area contributed by atoms with Crippen LogP contribution in [-0.4, -0.2) is 49.5 Å². The molecular weight excluding hydrogens is 336 g/mol. The van der Waals surface area contributed by atoms with Gasteiger partial charge in [0.2, 0.25) is 5.91 Å². The second-order valence-corrected chi connectivity index (χ2v) is 6.55. The van der Waals surface area contributed by atoms with Crippen LogP contribution in [0.25, 0.3) is 10.9 Å². The molecule has 1 saturated heterocycles. The van der Waals surface area contributed by atoms with Crippen LogP contribution in [0, 0.1) is 0 Å². The monoisotopic (exact) mass is 358 g/mol. The number of hydrogen-bond acceptors (Lipinski definition) is 5. The first-order valence-corrected chi connectivity index (χ1v) is 8.90. The van der Waals surface area contributed by atoms with E-state index < -0.39 is 5.97 Å². The number of nitrogens with zero attached hydrogens (tertiary/aromatic N) is 4. The highest BCUT2D eigenvalue weighted by molar-refractivity contribution is 5.77. The lowest BCUT2D eigenvalue weighted by Gasteiger charge is -2.35. The number of aliphatic carboxylic acids is 1. The summed E-state index contributed by atoms with van der Waals surface area (Å²) in [6.07, 6.45) is 3.43. The van der Waals surface area contributed by atoms with E-state index in [-0.39, 0.29) is 36.9 Å². The van der Waals surface area contributed by atoms with Crippen molar-refractivity contribution in [2.45, 2.75) is 51.1 Å². The van der Waals surface area contributed by atoms with E-state index in [4.69, 9.17) is 5.11 Å². The topological polar surface area (TPSA) is 105 Å². The van der Waals surface area contributed by atoms with Gasteiger partial charge in [0.15, 0.2) is 0 Å². The SMILES string of the molecule is O=C(O)CCC1CCCCN1C(=O)CCn1nnc2ccccc2c1=O. The fourth-order valence-electron chi connectivity index (χ4n) is 3.43. The van der Waals surface area contributed by atoms with Gasteiger partial charge in [-0.3, -0.25) is 14.4 Å². The van der Waals surface area contributed by atoms with Gasteiger partial charge >= 0.3 is 5.97 Å². The van der Waals surface area contributed by atoms with Crippen LogP contribution in [0.1, 0.15) is 38.5 Å². The van der Waals surface area contributed by atoms with E-state index in [0.717, 1.165) is 19.3 Å². The van der Waals surface area contributed by atoms with Crippen LogP contribution in [0.5, 0.6) is 0 Å². The molecule has 0 aliphatic carbocycles. The van der Waals surface area contributed by atoms with Gasteiger partial charge in [0.05, 0.1) is 11.9 Å².